The van der Waals surface area contributed by atoms with Crippen LogP contribution < -0.4 is 5.32 Å². The van der Waals surface area contributed by atoms with Crippen molar-refractivity contribution in [3.8, 4) is 0 Å². The minimum absolute atomic E-state index is 0.224. The van der Waals surface area contributed by atoms with Crippen LogP contribution in [0.15, 0.2) is 28.1 Å². The zero-order valence-electron chi connectivity index (χ0n) is 7.96. The Balaban J connectivity index is 1.94. The van der Waals surface area contributed by atoms with Crippen molar-refractivity contribution < 1.29 is 9.15 Å². The fourth-order valence-corrected chi connectivity index (χ4v) is 1.38. The smallest absolute Gasteiger partial charge is 0.157 e. The topological polar surface area (TPSA) is 83.2 Å². The van der Waals surface area contributed by atoms with E-state index in [0.717, 1.165) is 11.3 Å². The lowest BCUT2D eigenvalue weighted by molar-refractivity contribution is 0.0419. The van der Waals surface area contributed by atoms with Crippen molar-refractivity contribution in [2.45, 2.75) is 6.23 Å². The van der Waals surface area contributed by atoms with Crippen LogP contribution in [0.5, 0.6) is 0 Å². The molecule has 6 heteroatoms. The molecule has 2 heterocycles. The number of nitrogens with one attached hydrogen (secondary N) is 1. The Kier molecular flexibility index (Phi) is 2.92. The summed E-state index contributed by atoms with van der Waals surface area (Å²) in [5, 5.41) is 6.43. The van der Waals surface area contributed by atoms with Gasteiger partial charge in [0.25, 0.3) is 0 Å². The second-order valence-corrected chi connectivity index (χ2v) is 2.95. The molecule has 1 atom stereocenters. The zero-order valence-corrected chi connectivity index (χ0v) is 7.96. The van der Waals surface area contributed by atoms with Gasteiger partial charge in [-0.1, -0.05) is 5.11 Å². The highest BCUT2D eigenvalue weighted by Gasteiger charge is 2.18. The number of fused-ring (bicyclic) bond motifs is 1. The highest BCUT2D eigenvalue weighted by molar-refractivity contribution is 5.50. The first-order valence-electron chi connectivity index (χ1n) is 4.54. The number of hydrogen-bond acceptors (Lipinski definition) is 4. The van der Waals surface area contributed by atoms with Gasteiger partial charge in [0.15, 0.2) is 6.23 Å². The molecule has 0 saturated carbocycles. The first kappa shape index (κ1) is 9.64. The van der Waals surface area contributed by atoms with E-state index in [-0.39, 0.29) is 6.23 Å². The Morgan fingerprint density at radius 1 is 1.67 bits per heavy atom. The molecule has 15 heavy (non-hydrogen) atoms. The molecule has 1 N–H and O–H groups in total. The third-order valence-electron chi connectivity index (χ3n) is 2.03. The summed E-state index contributed by atoms with van der Waals surface area (Å²) in [7, 11) is 0. The van der Waals surface area contributed by atoms with Crippen LogP contribution in [-0.4, -0.2) is 13.2 Å². The van der Waals surface area contributed by atoms with Crippen molar-refractivity contribution in [2.24, 2.45) is 5.11 Å². The molecule has 0 amide bonds. The van der Waals surface area contributed by atoms with Crippen LogP contribution in [0, 0.1) is 0 Å². The van der Waals surface area contributed by atoms with E-state index in [4.69, 9.17) is 14.7 Å². The number of rotatable bonds is 4. The van der Waals surface area contributed by atoms with Gasteiger partial charge < -0.3 is 14.5 Å². The minimum atomic E-state index is -0.224. The predicted molar refractivity (Wildman–Crippen MR) is 53.6 cm³/mol. The maximum atomic E-state index is 8.09. The van der Waals surface area contributed by atoms with E-state index >= 15 is 0 Å². The van der Waals surface area contributed by atoms with E-state index in [9.17, 15) is 0 Å². The summed E-state index contributed by atoms with van der Waals surface area (Å²) < 4.78 is 10.7. The van der Waals surface area contributed by atoms with E-state index in [2.05, 4.69) is 15.3 Å². The average molecular weight is 206 g/mol. The van der Waals surface area contributed by atoms with Crippen molar-refractivity contribution in [1.82, 2.24) is 5.32 Å². The molecule has 1 aliphatic heterocycles. The molecular formula is C9H10N4O2. The molecule has 1 aromatic heterocycles. The number of nitrogens with zero attached hydrogens (tertiary/aromatic N) is 3. The lowest BCUT2D eigenvalue weighted by Gasteiger charge is -2.19. The molecule has 2 rings (SSSR count). The van der Waals surface area contributed by atoms with Crippen LogP contribution in [0.25, 0.3) is 16.5 Å². The molecule has 0 radical (unpaired) electrons. The lowest BCUT2D eigenvalue weighted by atomic mass is 10.2. The van der Waals surface area contributed by atoms with Gasteiger partial charge >= 0.3 is 0 Å². The van der Waals surface area contributed by atoms with Crippen LogP contribution in [0.3, 0.4) is 0 Å². The molecule has 0 fully saturated rings. The zero-order chi connectivity index (χ0) is 10.5. The van der Waals surface area contributed by atoms with Crippen LogP contribution in [0.4, 0.5) is 0 Å². The summed E-state index contributed by atoms with van der Waals surface area (Å²) in [6.07, 6.45) is 5.00. The van der Waals surface area contributed by atoms with Crippen LogP contribution in [0.1, 0.15) is 17.6 Å². The first-order chi connectivity index (χ1) is 7.42. The summed E-state index contributed by atoms with van der Waals surface area (Å²) in [4.78, 5) is 2.64. The number of furan rings is 1. The summed E-state index contributed by atoms with van der Waals surface area (Å²) in [5.41, 5.74) is 9.05. The van der Waals surface area contributed by atoms with Gasteiger partial charge in [0.05, 0.1) is 12.9 Å². The van der Waals surface area contributed by atoms with Crippen molar-refractivity contribution >= 4 is 6.08 Å². The lowest BCUT2D eigenvalue weighted by Crippen LogP contribution is -2.22. The van der Waals surface area contributed by atoms with Crippen molar-refractivity contribution in [3.05, 3.63) is 40.3 Å². The summed E-state index contributed by atoms with van der Waals surface area (Å²) in [6, 6.07) is 1.85. The van der Waals surface area contributed by atoms with Crippen molar-refractivity contribution in [2.75, 3.05) is 13.2 Å². The molecule has 1 unspecified atom stereocenters. The molecule has 78 valence electrons. The predicted octanol–water partition coefficient (Wildman–Crippen LogP) is 2.18. The molecule has 0 aliphatic carbocycles. The van der Waals surface area contributed by atoms with Gasteiger partial charge in [-0.2, -0.15) is 0 Å². The maximum absolute atomic E-state index is 8.09. The Labute approximate surface area is 86.2 Å². The molecular weight excluding hydrogens is 196 g/mol. The summed E-state index contributed by atoms with van der Waals surface area (Å²) in [5.74, 6) is 0.794. The first-order valence-corrected chi connectivity index (χ1v) is 4.54. The van der Waals surface area contributed by atoms with E-state index in [0.29, 0.717) is 13.2 Å². The van der Waals surface area contributed by atoms with Crippen molar-refractivity contribution in [1.29, 1.82) is 0 Å². The summed E-state index contributed by atoms with van der Waals surface area (Å²) >= 11 is 0. The average Bonchev–Trinajstić information content (AvgIpc) is 2.73. The van der Waals surface area contributed by atoms with E-state index in [1.807, 2.05) is 12.1 Å². The van der Waals surface area contributed by atoms with Crippen LogP contribution >= 0.6 is 0 Å². The third kappa shape index (κ3) is 2.12. The second kappa shape index (κ2) is 4.54. The molecule has 1 aromatic rings. The number of azide groups is 1. The Bertz CT molecular complexity index is 406. The van der Waals surface area contributed by atoms with Gasteiger partial charge in [-0.05, 0) is 17.7 Å². The fourth-order valence-electron chi connectivity index (χ4n) is 1.38. The van der Waals surface area contributed by atoms with Crippen molar-refractivity contribution in [3.63, 3.8) is 0 Å². The molecule has 0 bridgehead atoms. The Morgan fingerprint density at radius 3 is 3.47 bits per heavy atom. The standard InChI is InChI=1S/C9H10N4O2/c10-13-12-4-6-15-9-7-2-5-14-8(7)1-3-11-9/h1-3,5,9,11H,4,6H2. The monoisotopic (exact) mass is 206 g/mol. The quantitative estimate of drug-likeness (QED) is 0.354. The highest BCUT2D eigenvalue weighted by atomic mass is 16.5. The highest BCUT2D eigenvalue weighted by Crippen LogP contribution is 2.24. The largest absolute Gasteiger partial charge is 0.464 e. The van der Waals surface area contributed by atoms with Gasteiger partial charge in [0.2, 0.25) is 0 Å². The van der Waals surface area contributed by atoms with Gasteiger partial charge in [-0.25, -0.2) is 0 Å². The Hall–Kier alpha value is -1.91. The maximum Gasteiger partial charge on any atom is 0.157 e. The number of hydrogen-bond donors (Lipinski definition) is 1. The number of ether oxygens (including phenoxy) is 1. The van der Waals surface area contributed by atoms with Gasteiger partial charge in [0.1, 0.15) is 5.76 Å². The van der Waals surface area contributed by atoms with E-state index < -0.39 is 0 Å². The van der Waals surface area contributed by atoms with Crippen LogP contribution in [0.2, 0.25) is 0 Å². The fraction of sp³-hybridized carbons (Fsp3) is 0.333. The second-order valence-electron chi connectivity index (χ2n) is 2.95. The SMILES string of the molecule is [N-]=[N+]=NCCOC1NC=Cc2occc21. The Morgan fingerprint density at radius 2 is 2.60 bits per heavy atom. The molecule has 6 nitrogen and oxygen atoms in total. The molecule has 0 saturated heterocycles. The molecule has 0 aromatic carbocycles. The van der Waals surface area contributed by atoms with Gasteiger partial charge in [0, 0.05) is 23.2 Å². The molecule has 0 spiro atoms. The van der Waals surface area contributed by atoms with E-state index in [1.54, 1.807) is 12.5 Å². The minimum Gasteiger partial charge on any atom is -0.464 e. The third-order valence-corrected chi connectivity index (χ3v) is 2.03. The van der Waals surface area contributed by atoms with Crippen LogP contribution in [-0.2, 0) is 4.74 Å². The van der Waals surface area contributed by atoms with Gasteiger partial charge in [-0.15, -0.1) is 0 Å². The van der Waals surface area contributed by atoms with Gasteiger partial charge in [-0.3, -0.25) is 0 Å². The van der Waals surface area contributed by atoms with E-state index in [1.165, 1.54) is 0 Å². The molecule has 1 aliphatic rings. The summed E-state index contributed by atoms with van der Waals surface area (Å²) in [6.45, 7) is 0.700. The normalized spacial score (nSPS) is 17.7.